The van der Waals surface area contributed by atoms with E-state index in [1.165, 1.54) is 11.8 Å². The average molecular weight is 519 g/mol. The van der Waals surface area contributed by atoms with Gasteiger partial charge in [0.15, 0.2) is 0 Å². The smallest absolute Gasteiger partial charge is 0.263 e. The number of amides is 2. The Morgan fingerprint density at radius 1 is 0.838 bits per heavy atom. The maximum absolute atomic E-state index is 14.1. The molecule has 2 heterocycles. The molecule has 2 aliphatic heterocycles. The molecule has 2 amide bonds. The first-order valence-electron chi connectivity index (χ1n) is 12.0. The van der Waals surface area contributed by atoms with E-state index < -0.39 is 0 Å². The number of hydrogen-bond donors (Lipinski definition) is 1. The number of thiocarbonyl (C=S) groups is 1. The molecular weight excluding hydrogens is 496 g/mol. The summed E-state index contributed by atoms with van der Waals surface area (Å²) in [7, 11) is 0. The molecular formula is C31H22N2O2S2. The molecule has 180 valence electrons. The number of carbonyl (C=O) groups is 2. The van der Waals surface area contributed by atoms with E-state index in [2.05, 4.69) is 35.6 Å². The Bertz CT molecular complexity index is 1540. The molecule has 0 aromatic heterocycles. The summed E-state index contributed by atoms with van der Waals surface area (Å²) in [6.45, 7) is 0. The molecule has 0 spiro atoms. The highest BCUT2D eigenvalue weighted by atomic mass is 32.2. The van der Waals surface area contributed by atoms with Gasteiger partial charge in [-0.1, -0.05) is 109 Å². The lowest BCUT2D eigenvalue weighted by molar-refractivity contribution is -0.115. The molecule has 0 aliphatic carbocycles. The summed E-state index contributed by atoms with van der Waals surface area (Å²) in [4.78, 5) is 28.9. The zero-order valence-corrected chi connectivity index (χ0v) is 21.3. The number of nitrogens with zero attached hydrogens (tertiary/aromatic N) is 1. The van der Waals surface area contributed by atoms with Gasteiger partial charge in [0.1, 0.15) is 4.32 Å². The molecule has 2 atom stereocenters. The number of nitrogens with one attached hydrogen (secondary N) is 1. The minimum absolute atomic E-state index is 0.0451. The lowest BCUT2D eigenvalue weighted by atomic mass is 9.84. The number of rotatable bonds is 4. The van der Waals surface area contributed by atoms with Crippen LogP contribution in [0.4, 0.5) is 5.69 Å². The van der Waals surface area contributed by atoms with Crippen LogP contribution in [-0.4, -0.2) is 16.1 Å². The highest BCUT2D eigenvalue weighted by Crippen LogP contribution is 2.53. The topological polar surface area (TPSA) is 49.4 Å². The molecule has 37 heavy (non-hydrogen) atoms. The number of anilines is 1. The van der Waals surface area contributed by atoms with Gasteiger partial charge in [-0.25, -0.2) is 0 Å². The molecule has 4 aromatic rings. The molecule has 0 saturated carbocycles. The minimum atomic E-state index is -0.231. The standard InChI is InChI=1S/C31H22N2O2S2/c34-29-26(37-31(36)32-29)19-20-16-17-25-24(18-20)27(21-10-4-1-5-11-21)28(22-12-6-2-7-13-22)33(25)30(35)23-14-8-3-9-15-23/h1-19,27-28H,(H,32,34,36)/b26-19+. The monoisotopic (exact) mass is 518 g/mol. The van der Waals surface area contributed by atoms with Gasteiger partial charge in [-0.3, -0.25) is 14.5 Å². The molecule has 0 radical (unpaired) electrons. The van der Waals surface area contributed by atoms with Crippen LogP contribution in [0.2, 0.25) is 0 Å². The van der Waals surface area contributed by atoms with E-state index in [1.54, 1.807) is 0 Å². The summed E-state index contributed by atoms with van der Waals surface area (Å²) in [6.07, 6.45) is 1.86. The van der Waals surface area contributed by atoms with E-state index in [-0.39, 0.29) is 23.8 Å². The van der Waals surface area contributed by atoms with Crippen LogP contribution in [0.15, 0.2) is 114 Å². The summed E-state index contributed by atoms with van der Waals surface area (Å²) in [5, 5.41) is 2.68. The molecule has 1 fully saturated rings. The van der Waals surface area contributed by atoms with E-state index in [1.807, 2.05) is 89.8 Å². The Morgan fingerprint density at radius 3 is 2.08 bits per heavy atom. The maximum Gasteiger partial charge on any atom is 0.263 e. The van der Waals surface area contributed by atoms with Gasteiger partial charge in [0.2, 0.25) is 0 Å². The first-order valence-corrected chi connectivity index (χ1v) is 13.2. The number of thioether (sulfide) groups is 1. The molecule has 6 rings (SSSR count). The van der Waals surface area contributed by atoms with Crippen molar-refractivity contribution in [1.29, 1.82) is 0 Å². The Hall–Kier alpha value is -4.00. The van der Waals surface area contributed by atoms with Crippen LogP contribution in [0, 0.1) is 0 Å². The van der Waals surface area contributed by atoms with Crippen molar-refractivity contribution in [2.45, 2.75) is 12.0 Å². The second kappa shape index (κ2) is 9.81. The average Bonchev–Trinajstić information content (AvgIpc) is 3.45. The third kappa shape index (κ3) is 4.39. The third-order valence-corrected chi connectivity index (χ3v) is 7.88. The van der Waals surface area contributed by atoms with E-state index in [0.29, 0.717) is 14.8 Å². The van der Waals surface area contributed by atoms with Gasteiger partial charge in [-0.15, -0.1) is 0 Å². The fraction of sp³-hybridized carbons (Fsp3) is 0.0645. The van der Waals surface area contributed by atoms with Crippen molar-refractivity contribution in [3.05, 3.63) is 142 Å². The van der Waals surface area contributed by atoms with E-state index >= 15 is 0 Å². The molecule has 1 N–H and O–H groups in total. The second-order valence-electron chi connectivity index (χ2n) is 8.96. The Kier molecular flexibility index (Phi) is 6.20. The fourth-order valence-corrected chi connectivity index (χ4v) is 6.19. The highest BCUT2D eigenvalue weighted by Gasteiger charge is 2.43. The van der Waals surface area contributed by atoms with Gasteiger partial charge < -0.3 is 5.32 Å². The summed E-state index contributed by atoms with van der Waals surface area (Å²) < 4.78 is 0.461. The van der Waals surface area contributed by atoms with Gasteiger partial charge in [0.25, 0.3) is 11.8 Å². The van der Waals surface area contributed by atoms with Gasteiger partial charge >= 0.3 is 0 Å². The summed E-state index contributed by atoms with van der Waals surface area (Å²) >= 11 is 6.42. The van der Waals surface area contributed by atoms with Crippen LogP contribution in [0.3, 0.4) is 0 Å². The van der Waals surface area contributed by atoms with E-state index in [4.69, 9.17) is 12.2 Å². The normalized spacial score (nSPS) is 19.7. The fourth-order valence-electron chi connectivity index (χ4n) is 5.14. The largest absolute Gasteiger partial charge is 0.307 e. The molecule has 2 aliphatic rings. The van der Waals surface area contributed by atoms with E-state index in [0.717, 1.165) is 27.9 Å². The van der Waals surface area contributed by atoms with Crippen molar-refractivity contribution >= 4 is 51.9 Å². The number of fused-ring (bicyclic) bond motifs is 1. The maximum atomic E-state index is 14.1. The zero-order valence-electron chi connectivity index (χ0n) is 19.7. The molecule has 0 bridgehead atoms. The van der Waals surface area contributed by atoms with Crippen molar-refractivity contribution in [2.24, 2.45) is 0 Å². The molecule has 2 unspecified atom stereocenters. The first kappa shape index (κ1) is 23.4. The van der Waals surface area contributed by atoms with Crippen LogP contribution >= 0.6 is 24.0 Å². The Balaban J connectivity index is 1.55. The quantitative estimate of drug-likeness (QED) is 0.241. The van der Waals surface area contributed by atoms with Crippen molar-refractivity contribution in [3.63, 3.8) is 0 Å². The van der Waals surface area contributed by atoms with Crippen molar-refractivity contribution in [1.82, 2.24) is 5.32 Å². The second-order valence-corrected chi connectivity index (χ2v) is 10.7. The lowest BCUT2D eigenvalue weighted by Gasteiger charge is -2.30. The Morgan fingerprint density at radius 2 is 1.46 bits per heavy atom. The van der Waals surface area contributed by atoms with Crippen LogP contribution < -0.4 is 10.2 Å². The van der Waals surface area contributed by atoms with Gasteiger partial charge in [0, 0.05) is 17.2 Å². The van der Waals surface area contributed by atoms with Crippen molar-refractivity contribution < 1.29 is 9.59 Å². The number of carbonyl (C=O) groups excluding carboxylic acids is 2. The molecule has 4 nitrogen and oxygen atoms in total. The van der Waals surface area contributed by atoms with Crippen LogP contribution in [0.5, 0.6) is 0 Å². The highest BCUT2D eigenvalue weighted by molar-refractivity contribution is 8.26. The predicted molar refractivity (Wildman–Crippen MR) is 153 cm³/mol. The molecule has 4 aromatic carbocycles. The first-order chi connectivity index (χ1) is 18.1. The summed E-state index contributed by atoms with van der Waals surface area (Å²) in [6, 6.07) is 35.7. The Labute approximate surface area is 225 Å². The third-order valence-electron chi connectivity index (χ3n) is 6.72. The predicted octanol–water partition coefficient (Wildman–Crippen LogP) is 6.71. The summed E-state index contributed by atoms with van der Waals surface area (Å²) in [5.74, 6) is -0.315. The van der Waals surface area contributed by atoms with Crippen LogP contribution in [0.1, 0.15) is 44.6 Å². The lowest BCUT2D eigenvalue weighted by Crippen LogP contribution is -2.33. The molecule has 6 heteroatoms. The van der Waals surface area contributed by atoms with Crippen molar-refractivity contribution in [3.8, 4) is 0 Å². The van der Waals surface area contributed by atoms with Crippen LogP contribution in [-0.2, 0) is 4.79 Å². The van der Waals surface area contributed by atoms with Crippen molar-refractivity contribution in [2.75, 3.05) is 4.90 Å². The minimum Gasteiger partial charge on any atom is -0.307 e. The molecule has 1 saturated heterocycles. The van der Waals surface area contributed by atoms with E-state index in [9.17, 15) is 9.59 Å². The SMILES string of the molecule is O=C1NC(=S)S/C1=C/c1ccc2c(c1)C(c1ccccc1)C(c1ccccc1)N2C(=O)c1ccccc1. The summed E-state index contributed by atoms with van der Waals surface area (Å²) in [5.41, 5.74) is 5.64. The zero-order chi connectivity index (χ0) is 25.4. The van der Waals surface area contributed by atoms with Crippen LogP contribution in [0.25, 0.3) is 6.08 Å². The van der Waals surface area contributed by atoms with Gasteiger partial charge in [0.05, 0.1) is 10.9 Å². The number of hydrogen-bond acceptors (Lipinski definition) is 4. The van der Waals surface area contributed by atoms with Gasteiger partial charge in [-0.2, -0.15) is 0 Å². The van der Waals surface area contributed by atoms with Gasteiger partial charge in [-0.05, 0) is 52.6 Å². The number of benzene rings is 4.